The van der Waals surface area contributed by atoms with E-state index in [1.807, 2.05) is 18.2 Å². The van der Waals surface area contributed by atoms with Gasteiger partial charge in [-0.25, -0.2) is 13.4 Å². The van der Waals surface area contributed by atoms with E-state index in [0.29, 0.717) is 30.2 Å². The fourth-order valence-corrected chi connectivity index (χ4v) is 5.06. The van der Waals surface area contributed by atoms with Gasteiger partial charge in [0.15, 0.2) is 10.9 Å². The smallest absolute Gasteiger partial charge is 0.293 e. The maximum atomic E-state index is 12.4. The number of nitrogens with one attached hydrogen (secondary N) is 1. The molecular formula is C17H17N3O4S2. The van der Waals surface area contributed by atoms with E-state index >= 15 is 0 Å². The first-order valence-electron chi connectivity index (χ1n) is 8.22. The number of amides is 1. The number of benzene rings is 1. The zero-order chi connectivity index (χ0) is 18.3. The molecule has 26 heavy (non-hydrogen) atoms. The molecule has 0 fully saturated rings. The standard InChI is InChI=1S/C17H17N3O4S2/c1-2-26(22,23)20-8-7-12-15(10-20)25-17(18-12)19-16(21)14-9-11-5-3-4-6-13(11)24-14/h3-6,9H,2,7-8,10H2,1H3,(H,18,19,21). The number of para-hydroxylation sites is 1. The first-order chi connectivity index (χ1) is 12.5. The van der Waals surface area contributed by atoms with E-state index in [2.05, 4.69) is 10.3 Å². The van der Waals surface area contributed by atoms with E-state index in [0.717, 1.165) is 16.0 Å². The summed E-state index contributed by atoms with van der Waals surface area (Å²) < 4.78 is 31.1. The molecule has 0 aliphatic carbocycles. The second-order valence-electron chi connectivity index (χ2n) is 5.98. The maximum Gasteiger partial charge on any atom is 0.293 e. The van der Waals surface area contributed by atoms with Crippen LogP contribution < -0.4 is 5.32 Å². The molecule has 1 N–H and O–H groups in total. The average molecular weight is 391 g/mol. The van der Waals surface area contributed by atoms with Crippen molar-refractivity contribution in [2.45, 2.75) is 19.9 Å². The third-order valence-corrected chi connectivity index (χ3v) is 7.15. The Labute approximate surface area is 154 Å². The van der Waals surface area contributed by atoms with E-state index in [1.165, 1.54) is 15.6 Å². The van der Waals surface area contributed by atoms with Crippen LogP contribution in [0.2, 0.25) is 0 Å². The zero-order valence-corrected chi connectivity index (χ0v) is 15.7. The van der Waals surface area contributed by atoms with Crippen LogP contribution in [0.25, 0.3) is 11.0 Å². The Bertz CT molecular complexity index is 1050. The lowest BCUT2D eigenvalue weighted by Crippen LogP contribution is -2.36. The molecular weight excluding hydrogens is 374 g/mol. The Morgan fingerprint density at radius 2 is 2.19 bits per heavy atom. The van der Waals surface area contributed by atoms with Crippen LogP contribution in [0.15, 0.2) is 34.7 Å². The molecule has 0 saturated carbocycles. The number of aromatic nitrogens is 1. The van der Waals surface area contributed by atoms with Crippen molar-refractivity contribution in [3.05, 3.63) is 46.7 Å². The maximum absolute atomic E-state index is 12.4. The fraction of sp³-hybridized carbons (Fsp3) is 0.294. The van der Waals surface area contributed by atoms with Crippen LogP contribution in [-0.4, -0.2) is 35.9 Å². The number of nitrogens with zero attached hydrogens (tertiary/aromatic N) is 2. The SMILES string of the molecule is CCS(=O)(=O)N1CCc2nc(NC(=O)c3cc4ccccc4o3)sc2C1. The van der Waals surface area contributed by atoms with E-state index < -0.39 is 10.0 Å². The first kappa shape index (κ1) is 17.2. The molecule has 1 aliphatic rings. The van der Waals surface area contributed by atoms with Crippen molar-refractivity contribution < 1.29 is 17.6 Å². The van der Waals surface area contributed by atoms with Gasteiger partial charge in [0, 0.05) is 29.8 Å². The second kappa shape index (κ2) is 6.49. The minimum absolute atomic E-state index is 0.0801. The lowest BCUT2D eigenvalue weighted by atomic mass is 10.2. The van der Waals surface area contributed by atoms with Crippen molar-refractivity contribution in [3.63, 3.8) is 0 Å². The number of carbonyl (C=O) groups excluding carboxylic acids is 1. The molecule has 7 nitrogen and oxygen atoms in total. The minimum Gasteiger partial charge on any atom is -0.451 e. The van der Waals surface area contributed by atoms with Gasteiger partial charge in [0.25, 0.3) is 5.91 Å². The van der Waals surface area contributed by atoms with E-state index in [1.54, 1.807) is 19.1 Å². The van der Waals surface area contributed by atoms with E-state index in [4.69, 9.17) is 4.42 Å². The van der Waals surface area contributed by atoms with Crippen molar-refractivity contribution in [3.8, 4) is 0 Å². The van der Waals surface area contributed by atoms with Gasteiger partial charge in [-0.3, -0.25) is 10.1 Å². The highest BCUT2D eigenvalue weighted by Crippen LogP contribution is 2.30. The molecule has 136 valence electrons. The average Bonchev–Trinajstić information content (AvgIpc) is 3.24. The number of furan rings is 1. The summed E-state index contributed by atoms with van der Waals surface area (Å²) in [5, 5.41) is 4.06. The van der Waals surface area contributed by atoms with Crippen molar-refractivity contribution in [1.82, 2.24) is 9.29 Å². The Hall–Kier alpha value is -2.23. The molecule has 3 aromatic rings. The number of anilines is 1. The lowest BCUT2D eigenvalue weighted by Gasteiger charge is -2.24. The van der Waals surface area contributed by atoms with Crippen LogP contribution in [0.4, 0.5) is 5.13 Å². The quantitative estimate of drug-likeness (QED) is 0.738. The number of hydrogen-bond donors (Lipinski definition) is 1. The van der Waals surface area contributed by atoms with Crippen LogP contribution in [0.1, 0.15) is 28.0 Å². The zero-order valence-electron chi connectivity index (χ0n) is 14.1. The van der Waals surface area contributed by atoms with E-state index in [-0.39, 0.29) is 17.4 Å². The number of carbonyl (C=O) groups is 1. The van der Waals surface area contributed by atoms with Crippen LogP contribution in [0.5, 0.6) is 0 Å². The largest absolute Gasteiger partial charge is 0.451 e. The molecule has 9 heteroatoms. The number of hydrogen-bond acceptors (Lipinski definition) is 6. The van der Waals surface area contributed by atoms with Gasteiger partial charge in [-0.05, 0) is 19.1 Å². The van der Waals surface area contributed by atoms with Crippen LogP contribution in [0.3, 0.4) is 0 Å². The molecule has 0 atom stereocenters. The molecule has 0 saturated heterocycles. The lowest BCUT2D eigenvalue weighted by molar-refractivity contribution is 0.0998. The third-order valence-electron chi connectivity index (χ3n) is 4.32. The highest BCUT2D eigenvalue weighted by Gasteiger charge is 2.28. The highest BCUT2D eigenvalue weighted by molar-refractivity contribution is 7.89. The summed E-state index contributed by atoms with van der Waals surface area (Å²) in [5.41, 5.74) is 1.49. The van der Waals surface area contributed by atoms with Gasteiger partial charge in [-0.15, -0.1) is 11.3 Å². The van der Waals surface area contributed by atoms with Crippen molar-refractivity contribution in [1.29, 1.82) is 0 Å². The summed E-state index contributed by atoms with van der Waals surface area (Å²) in [4.78, 5) is 17.7. The van der Waals surface area contributed by atoms with Gasteiger partial charge in [0.1, 0.15) is 5.58 Å². The molecule has 1 aliphatic heterocycles. The first-order valence-corrected chi connectivity index (χ1v) is 10.6. The normalized spacial score (nSPS) is 15.1. The summed E-state index contributed by atoms with van der Waals surface area (Å²) in [5.74, 6) is -0.0727. The molecule has 1 aromatic carbocycles. The Morgan fingerprint density at radius 1 is 1.38 bits per heavy atom. The van der Waals surface area contributed by atoms with Crippen LogP contribution in [0, 0.1) is 0 Å². The van der Waals surface area contributed by atoms with Gasteiger partial charge in [-0.1, -0.05) is 18.2 Å². The molecule has 0 unspecified atom stereocenters. The topological polar surface area (TPSA) is 92.5 Å². The monoisotopic (exact) mass is 391 g/mol. The number of rotatable bonds is 4. The van der Waals surface area contributed by atoms with Gasteiger partial charge in [0.05, 0.1) is 11.4 Å². The number of fused-ring (bicyclic) bond motifs is 2. The summed E-state index contributed by atoms with van der Waals surface area (Å²) in [6.07, 6.45) is 0.547. The third kappa shape index (κ3) is 3.13. The summed E-state index contributed by atoms with van der Waals surface area (Å²) >= 11 is 1.30. The Balaban J connectivity index is 1.52. The molecule has 2 aromatic heterocycles. The van der Waals surface area contributed by atoms with E-state index in [9.17, 15) is 13.2 Å². The molecule has 0 radical (unpaired) electrons. The van der Waals surface area contributed by atoms with Crippen molar-refractivity contribution in [2.24, 2.45) is 0 Å². The molecule has 4 rings (SSSR count). The summed E-state index contributed by atoms with van der Waals surface area (Å²) in [6, 6.07) is 9.09. The highest BCUT2D eigenvalue weighted by atomic mass is 32.2. The summed E-state index contributed by atoms with van der Waals surface area (Å²) in [6.45, 7) is 2.37. The Morgan fingerprint density at radius 3 is 2.96 bits per heavy atom. The van der Waals surface area contributed by atoms with Gasteiger partial charge in [-0.2, -0.15) is 4.31 Å². The Kier molecular flexibility index (Phi) is 4.29. The fourth-order valence-electron chi connectivity index (χ4n) is 2.90. The number of sulfonamides is 1. The van der Waals surface area contributed by atoms with Gasteiger partial charge < -0.3 is 4.42 Å². The molecule has 1 amide bonds. The molecule has 0 spiro atoms. The molecule has 3 heterocycles. The minimum atomic E-state index is -3.23. The summed E-state index contributed by atoms with van der Waals surface area (Å²) in [7, 11) is -3.23. The predicted molar refractivity (Wildman–Crippen MR) is 99.9 cm³/mol. The predicted octanol–water partition coefficient (Wildman–Crippen LogP) is 2.85. The van der Waals surface area contributed by atoms with Crippen LogP contribution in [-0.2, 0) is 23.0 Å². The van der Waals surface area contributed by atoms with Gasteiger partial charge in [0.2, 0.25) is 10.0 Å². The molecule has 0 bridgehead atoms. The van der Waals surface area contributed by atoms with Gasteiger partial charge >= 0.3 is 0 Å². The number of thiazole rings is 1. The second-order valence-corrected chi connectivity index (χ2v) is 9.32. The van der Waals surface area contributed by atoms with Crippen LogP contribution >= 0.6 is 11.3 Å². The van der Waals surface area contributed by atoms with Crippen molar-refractivity contribution in [2.75, 3.05) is 17.6 Å². The van der Waals surface area contributed by atoms with Crippen molar-refractivity contribution >= 4 is 43.4 Å².